The van der Waals surface area contributed by atoms with E-state index < -0.39 is 36.6 Å². The molecule has 0 radical (unpaired) electrons. The van der Waals surface area contributed by atoms with Crippen molar-refractivity contribution in [3.05, 3.63) is 64.0 Å². The molecule has 178 valence electrons. The van der Waals surface area contributed by atoms with E-state index in [4.69, 9.17) is 14.0 Å². The van der Waals surface area contributed by atoms with Crippen LogP contribution in [-0.4, -0.2) is 47.2 Å². The number of carbonyl (C=O) groups is 2. The number of nitrogens with zero attached hydrogens (tertiary/aromatic N) is 3. The second kappa shape index (κ2) is 10.8. The molecule has 0 aliphatic rings. The van der Waals surface area contributed by atoms with E-state index in [1.807, 2.05) is 0 Å². The Morgan fingerprint density at radius 2 is 2.00 bits per heavy atom. The first-order valence-electron chi connectivity index (χ1n) is 9.41. The van der Waals surface area contributed by atoms with Crippen LogP contribution in [0.5, 0.6) is 11.5 Å². The normalized spacial score (nSPS) is 10.6. The van der Waals surface area contributed by atoms with E-state index in [2.05, 4.69) is 20.2 Å². The highest BCUT2D eigenvalue weighted by molar-refractivity contribution is 5.96. The summed E-state index contributed by atoms with van der Waals surface area (Å²) in [5, 5.41) is 16.8. The van der Waals surface area contributed by atoms with Crippen molar-refractivity contribution in [1.29, 1.82) is 0 Å². The standard InChI is InChI=1S/C20H16F2N4O8/c1-31-15-8-11(5-6-14(15)33-20(21)22)18-24-16(34-25-18)10-32-17(27)9-23-19(28)12-3-2-4-13(7-12)26(29)30/h2-8,20H,9-10H2,1H3,(H,23,28). The summed E-state index contributed by atoms with van der Waals surface area (Å²) < 4.78 is 44.2. The first-order valence-corrected chi connectivity index (χ1v) is 9.41. The van der Waals surface area contributed by atoms with E-state index in [0.717, 1.165) is 6.07 Å². The Bertz CT molecular complexity index is 1200. The number of methoxy groups -OCH3 is 1. The molecule has 0 atom stereocenters. The fourth-order valence-electron chi connectivity index (χ4n) is 2.64. The zero-order chi connectivity index (χ0) is 24.7. The third kappa shape index (κ3) is 6.21. The molecule has 3 aromatic rings. The number of aromatic nitrogens is 2. The SMILES string of the molecule is COc1cc(-c2noc(COC(=O)CNC(=O)c3cccc([N+](=O)[O-])c3)n2)ccc1OC(F)F. The lowest BCUT2D eigenvalue weighted by Crippen LogP contribution is -2.30. The summed E-state index contributed by atoms with van der Waals surface area (Å²) >= 11 is 0. The van der Waals surface area contributed by atoms with Crippen molar-refractivity contribution in [1.82, 2.24) is 15.5 Å². The molecule has 0 fully saturated rings. The average Bonchev–Trinajstić information content (AvgIpc) is 3.30. The summed E-state index contributed by atoms with van der Waals surface area (Å²) in [6.07, 6.45) is 0. The number of benzene rings is 2. The van der Waals surface area contributed by atoms with Gasteiger partial charge >= 0.3 is 12.6 Å². The van der Waals surface area contributed by atoms with Gasteiger partial charge in [0.25, 0.3) is 17.5 Å². The Labute approximate surface area is 189 Å². The molecule has 12 nitrogen and oxygen atoms in total. The van der Waals surface area contributed by atoms with Gasteiger partial charge in [0.1, 0.15) is 6.54 Å². The van der Waals surface area contributed by atoms with Crippen LogP contribution in [0.25, 0.3) is 11.4 Å². The van der Waals surface area contributed by atoms with Crippen molar-refractivity contribution in [2.75, 3.05) is 13.7 Å². The van der Waals surface area contributed by atoms with Crippen LogP contribution < -0.4 is 14.8 Å². The predicted molar refractivity (Wildman–Crippen MR) is 108 cm³/mol. The molecular weight excluding hydrogens is 462 g/mol. The van der Waals surface area contributed by atoms with Gasteiger partial charge in [0.05, 0.1) is 12.0 Å². The van der Waals surface area contributed by atoms with E-state index in [1.54, 1.807) is 0 Å². The topological polar surface area (TPSA) is 156 Å². The summed E-state index contributed by atoms with van der Waals surface area (Å²) in [4.78, 5) is 38.1. The smallest absolute Gasteiger partial charge is 0.387 e. The van der Waals surface area contributed by atoms with Gasteiger partial charge in [-0.1, -0.05) is 11.2 Å². The lowest BCUT2D eigenvalue weighted by Gasteiger charge is -2.10. The lowest BCUT2D eigenvalue weighted by molar-refractivity contribution is -0.384. The number of nitrogens with one attached hydrogen (secondary N) is 1. The second-order valence-electron chi connectivity index (χ2n) is 6.41. The fourth-order valence-corrected chi connectivity index (χ4v) is 2.64. The zero-order valence-corrected chi connectivity index (χ0v) is 17.4. The van der Waals surface area contributed by atoms with Gasteiger partial charge in [-0.05, 0) is 24.3 Å². The van der Waals surface area contributed by atoms with Crippen LogP contribution in [-0.2, 0) is 16.1 Å². The fraction of sp³-hybridized carbons (Fsp3) is 0.200. The van der Waals surface area contributed by atoms with Crippen LogP contribution in [0.4, 0.5) is 14.5 Å². The number of hydrogen-bond acceptors (Lipinski definition) is 10. The van der Waals surface area contributed by atoms with E-state index in [0.29, 0.717) is 5.56 Å². The summed E-state index contributed by atoms with van der Waals surface area (Å²) in [5.41, 5.74) is 0.101. The molecule has 0 saturated heterocycles. The van der Waals surface area contributed by atoms with Crippen molar-refractivity contribution < 1.29 is 42.0 Å². The molecule has 0 aliphatic carbocycles. The monoisotopic (exact) mass is 478 g/mol. The molecule has 0 spiro atoms. The van der Waals surface area contributed by atoms with Gasteiger partial charge in [0.15, 0.2) is 18.1 Å². The third-order valence-electron chi connectivity index (χ3n) is 4.18. The van der Waals surface area contributed by atoms with Crippen molar-refractivity contribution in [2.24, 2.45) is 0 Å². The Morgan fingerprint density at radius 3 is 2.71 bits per heavy atom. The molecule has 1 amide bonds. The molecule has 3 rings (SSSR count). The van der Waals surface area contributed by atoms with Gasteiger partial charge in [-0.15, -0.1) is 0 Å². The predicted octanol–water partition coefficient (Wildman–Crippen LogP) is 2.73. The highest BCUT2D eigenvalue weighted by Gasteiger charge is 2.17. The van der Waals surface area contributed by atoms with Gasteiger partial charge in [-0.25, -0.2) is 0 Å². The summed E-state index contributed by atoms with van der Waals surface area (Å²) in [7, 11) is 1.27. The molecule has 0 unspecified atom stereocenters. The van der Waals surface area contributed by atoms with Gasteiger partial charge in [-0.2, -0.15) is 13.8 Å². The molecule has 1 heterocycles. The molecule has 1 aromatic heterocycles. The van der Waals surface area contributed by atoms with Crippen LogP contribution in [0.2, 0.25) is 0 Å². The first kappa shape index (κ1) is 24.0. The van der Waals surface area contributed by atoms with Gasteiger partial charge in [0, 0.05) is 23.3 Å². The third-order valence-corrected chi connectivity index (χ3v) is 4.18. The molecule has 0 bridgehead atoms. The van der Waals surface area contributed by atoms with Gasteiger partial charge < -0.3 is 24.1 Å². The number of non-ortho nitro benzene ring substituents is 1. The Balaban J connectivity index is 1.54. The van der Waals surface area contributed by atoms with E-state index in [-0.39, 0.29) is 34.5 Å². The van der Waals surface area contributed by atoms with Crippen molar-refractivity contribution in [3.63, 3.8) is 0 Å². The highest BCUT2D eigenvalue weighted by Crippen LogP contribution is 2.32. The van der Waals surface area contributed by atoms with Crippen molar-refractivity contribution >= 4 is 17.6 Å². The Morgan fingerprint density at radius 1 is 1.21 bits per heavy atom. The summed E-state index contributed by atoms with van der Waals surface area (Å²) in [5.74, 6) is -1.67. The minimum atomic E-state index is -3.03. The number of carbonyl (C=O) groups excluding carboxylic acids is 2. The number of halogens is 2. The maximum absolute atomic E-state index is 12.4. The molecule has 34 heavy (non-hydrogen) atoms. The van der Waals surface area contributed by atoms with E-state index >= 15 is 0 Å². The molecule has 2 aromatic carbocycles. The van der Waals surface area contributed by atoms with Crippen LogP contribution in [0.1, 0.15) is 16.2 Å². The van der Waals surface area contributed by atoms with E-state index in [9.17, 15) is 28.5 Å². The van der Waals surface area contributed by atoms with Gasteiger partial charge in [0.2, 0.25) is 5.82 Å². The van der Waals surface area contributed by atoms with Crippen LogP contribution in [0.3, 0.4) is 0 Å². The number of hydrogen-bond donors (Lipinski definition) is 1. The Kier molecular flexibility index (Phi) is 7.63. The molecular formula is C20H16F2N4O8. The maximum atomic E-state index is 12.4. The molecule has 0 saturated carbocycles. The zero-order valence-electron chi connectivity index (χ0n) is 17.4. The van der Waals surface area contributed by atoms with Crippen LogP contribution in [0, 0.1) is 10.1 Å². The van der Waals surface area contributed by atoms with Gasteiger partial charge in [-0.3, -0.25) is 19.7 Å². The summed E-state index contributed by atoms with van der Waals surface area (Å²) in [6.45, 7) is -3.93. The quantitative estimate of drug-likeness (QED) is 0.261. The highest BCUT2D eigenvalue weighted by atomic mass is 19.3. The number of rotatable bonds is 10. The number of nitro benzene ring substituents is 1. The molecule has 0 aliphatic heterocycles. The molecule has 1 N–H and O–H groups in total. The maximum Gasteiger partial charge on any atom is 0.387 e. The van der Waals surface area contributed by atoms with Crippen molar-refractivity contribution in [2.45, 2.75) is 13.2 Å². The second-order valence-corrected chi connectivity index (χ2v) is 6.41. The minimum absolute atomic E-state index is 0.00365. The average molecular weight is 478 g/mol. The minimum Gasteiger partial charge on any atom is -0.493 e. The van der Waals surface area contributed by atoms with Crippen LogP contribution >= 0.6 is 0 Å². The molecule has 14 heteroatoms. The lowest BCUT2D eigenvalue weighted by atomic mass is 10.2. The summed E-state index contributed by atoms with van der Waals surface area (Å²) in [6, 6.07) is 9.02. The number of amides is 1. The van der Waals surface area contributed by atoms with E-state index in [1.165, 1.54) is 43.5 Å². The number of nitro groups is 1. The number of esters is 1. The Hall–Kier alpha value is -4.62. The number of alkyl halides is 2. The first-order chi connectivity index (χ1) is 16.3. The van der Waals surface area contributed by atoms with Crippen LogP contribution in [0.15, 0.2) is 47.0 Å². The number of ether oxygens (including phenoxy) is 3. The largest absolute Gasteiger partial charge is 0.493 e. The van der Waals surface area contributed by atoms with Crippen molar-refractivity contribution in [3.8, 4) is 22.9 Å².